The smallest absolute Gasteiger partial charge is 0.282 e. The van der Waals surface area contributed by atoms with Crippen LogP contribution in [0.4, 0.5) is 10.1 Å². The lowest BCUT2D eigenvalue weighted by molar-refractivity contribution is -0.120. The average Bonchev–Trinajstić information content (AvgIpc) is 3.23. The van der Waals surface area contributed by atoms with Gasteiger partial charge in [0.1, 0.15) is 11.5 Å². The molecule has 0 unspecified atom stereocenters. The van der Waals surface area contributed by atoms with Gasteiger partial charge in [-0.15, -0.1) is 11.3 Å². The van der Waals surface area contributed by atoms with Gasteiger partial charge in [-0.2, -0.15) is 0 Å². The highest BCUT2D eigenvalue weighted by Crippen LogP contribution is 2.37. The van der Waals surface area contributed by atoms with E-state index < -0.39 is 5.82 Å². The largest absolute Gasteiger partial charge is 0.366 e. The lowest BCUT2D eigenvalue weighted by Gasteiger charge is -2.32. The second kappa shape index (κ2) is 6.68. The van der Waals surface area contributed by atoms with Gasteiger partial charge in [-0.1, -0.05) is 13.0 Å². The van der Waals surface area contributed by atoms with E-state index in [0.29, 0.717) is 22.9 Å². The maximum atomic E-state index is 13.3. The number of piperidine rings is 1. The summed E-state index contributed by atoms with van der Waals surface area (Å²) in [5.74, 6) is -0.431. The molecule has 134 valence electrons. The molecule has 1 fully saturated rings. The third-order valence-electron chi connectivity index (χ3n) is 5.01. The summed E-state index contributed by atoms with van der Waals surface area (Å²) in [6, 6.07) is 9.21. The van der Waals surface area contributed by atoms with Crippen molar-refractivity contribution in [1.29, 1.82) is 0 Å². The van der Waals surface area contributed by atoms with Gasteiger partial charge in [-0.3, -0.25) is 9.59 Å². The Morgan fingerprint density at radius 2 is 1.73 bits per heavy atom. The Morgan fingerprint density at radius 3 is 2.35 bits per heavy atom. The van der Waals surface area contributed by atoms with Crippen molar-refractivity contribution in [3.63, 3.8) is 0 Å². The number of carbonyl (C=O) groups is 2. The van der Waals surface area contributed by atoms with Gasteiger partial charge >= 0.3 is 0 Å². The number of nitrogens with zero attached hydrogens (tertiary/aromatic N) is 2. The first-order chi connectivity index (χ1) is 12.6. The summed E-state index contributed by atoms with van der Waals surface area (Å²) in [6.45, 7) is 3.74. The zero-order valence-electron chi connectivity index (χ0n) is 14.4. The van der Waals surface area contributed by atoms with Crippen molar-refractivity contribution in [3.05, 3.63) is 58.2 Å². The van der Waals surface area contributed by atoms with Gasteiger partial charge in [-0.25, -0.2) is 9.29 Å². The molecule has 1 aromatic heterocycles. The molecule has 0 aliphatic carbocycles. The van der Waals surface area contributed by atoms with E-state index in [1.165, 1.54) is 40.5 Å². The van der Waals surface area contributed by atoms with Crippen LogP contribution < -0.4 is 4.90 Å². The van der Waals surface area contributed by atoms with Crippen LogP contribution >= 0.6 is 11.3 Å². The first-order valence-electron chi connectivity index (χ1n) is 8.73. The van der Waals surface area contributed by atoms with E-state index in [0.717, 1.165) is 30.8 Å². The van der Waals surface area contributed by atoms with Gasteiger partial charge in [0.2, 0.25) is 0 Å². The molecule has 0 spiro atoms. The predicted molar refractivity (Wildman–Crippen MR) is 100 cm³/mol. The number of thiophene rings is 1. The van der Waals surface area contributed by atoms with Crippen molar-refractivity contribution in [3.8, 4) is 0 Å². The molecule has 6 heteroatoms. The molecule has 2 aliphatic heterocycles. The highest BCUT2D eigenvalue weighted by atomic mass is 32.1. The minimum atomic E-state index is -0.399. The topological polar surface area (TPSA) is 40.6 Å². The van der Waals surface area contributed by atoms with Crippen LogP contribution in [0.2, 0.25) is 0 Å². The maximum absolute atomic E-state index is 13.3. The minimum Gasteiger partial charge on any atom is -0.366 e. The van der Waals surface area contributed by atoms with E-state index in [4.69, 9.17) is 0 Å². The summed E-state index contributed by atoms with van der Waals surface area (Å²) in [5.41, 5.74) is 1.34. The summed E-state index contributed by atoms with van der Waals surface area (Å²) in [6.07, 6.45) is 2.00. The first-order valence-corrected chi connectivity index (χ1v) is 9.61. The summed E-state index contributed by atoms with van der Waals surface area (Å²) < 4.78 is 13.3. The standard InChI is InChI=1S/C20H19FN2O2S/c1-13-8-10-22(11-9-13)18-17(16-3-2-12-26-16)19(24)23(20(18)25)15-6-4-14(21)5-7-15/h2-7,12-13H,8-11H2,1H3. The second-order valence-electron chi connectivity index (χ2n) is 6.79. The van der Waals surface area contributed by atoms with Crippen LogP contribution in [-0.4, -0.2) is 29.8 Å². The molecule has 0 radical (unpaired) electrons. The molecule has 1 aromatic carbocycles. The van der Waals surface area contributed by atoms with Crippen LogP contribution in [0.3, 0.4) is 0 Å². The Bertz CT molecular complexity index is 866. The van der Waals surface area contributed by atoms with E-state index in [-0.39, 0.29) is 11.8 Å². The third-order valence-corrected chi connectivity index (χ3v) is 5.90. The van der Waals surface area contributed by atoms with Gasteiger partial charge in [-0.05, 0) is 54.5 Å². The molecule has 1 saturated heterocycles. The van der Waals surface area contributed by atoms with Crippen LogP contribution in [0.25, 0.3) is 5.57 Å². The van der Waals surface area contributed by atoms with Crippen LogP contribution in [0.5, 0.6) is 0 Å². The normalized spacial score (nSPS) is 19.0. The Hall–Kier alpha value is -2.47. The van der Waals surface area contributed by atoms with Gasteiger partial charge in [0, 0.05) is 18.0 Å². The molecule has 0 saturated carbocycles. The Balaban J connectivity index is 1.77. The van der Waals surface area contributed by atoms with E-state index in [9.17, 15) is 14.0 Å². The number of hydrogen-bond donors (Lipinski definition) is 0. The molecule has 4 rings (SSSR count). The van der Waals surface area contributed by atoms with Crippen LogP contribution in [0.1, 0.15) is 24.6 Å². The first kappa shape index (κ1) is 17.0. The fourth-order valence-electron chi connectivity index (χ4n) is 3.51. The summed E-state index contributed by atoms with van der Waals surface area (Å²) >= 11 is 1.45. The quantitative estimate of drug-likeness (QED) is 0.770. The number of benzene rings is 1. The summed E-state index contributed by atoms with van der Waals surface area (Å²) in [5, 5.41) is 1.90. The monoisotopic (exact) mass is 370 g/mol. The molecule has 3 heterocycles. The van der Waals surface area contributed by atoms with Gasteiger partial charge in [0.25, 0.3) is 11.8 Å². The molecule has 0 bridgehead atoms. The number of imide groups is 1. The van der Waals surface area contributed by atoms with Gasteiger partial charge in [0.05, 0.1) is 11.3 Å². The fourth-order valence-corrected chi connectivity index (χ4v) is 4.27. The van der Waals surface area contributed by atoms with E-state index in [1.807, 2.05) is 22.4 Å². The number of likely N-dealkylation sites (tertiary alicyclic amines) is 1. The molecule has 2 amide bonds. The van der Waals surface area contributed by atoms with Gasteiger partial charge < -0.3 is 4.90 Å². The minimum absolute atomic E-state index is 0.320. The Kier molecular flexibility index (Phi) is 4.36. The molecule has 26 heavy (non-hydrogen) atoms. The third kappa shape index (κ3) is 2.84. The molecular formula is C20H19FN2O2S. The number of carbonyl (C=O) groups excluding carboxylic acids is 2. The molecule has 0 N–H and O–H groups in total. The predicted octanol–water partition coefficient (Wildman–Crippen LogP) is 3.90. The molecule has 2 aliphatic rings. The highest BCUT2D eigenvalue weighted by molar-refractivity contribution is 7.11. The fraction of sp³-hybridized carbons (Fsp3) is 0.300. The van der Waals surface area contributed by atoms with Crippen molar-refractivity contribution < 1.29 is 14.0 Å². The van der Waals surface area contributed by atoms with Gasteiger partial charge in [0.15, 0.2) is 0 Å². The lowest BCUT2D eigenvalue weighted by atomic mass is 9.98. The Labute approximate surface area is 155 Å². The van der Waals surface area contributed by atoms with Crippen molar-refractivity contribution in [2.24, 2.45) is 5.92 Å². The molecule has 4 nitrogen and oxygen atoms in total. The summed E-state index contributed by atoms with van der Waals surface area (Å²) in [7, 11) is 0. The number of rotatable bonds is 3. The molecule has 0 atom stereocenters. The van der Waals surface area contributed by atoms with Crippen molar-refractivity contribution in [1.82, 2.24) is 4.90 Å². The number of anilines is 1. The average molecular weight is 370 g/mol. The molecular weight excluding hydrogens is 351 g/mol. The lowest BCUT2D eigenvalue weighted by Crippen LogP contribution is -2.38. The summed E-state index contributed by atoms with van der Waals surface area (Å²) in [4.78, 5) is 30.4. The zero-order valence-corrected chi connectivity index (χ0v) is 15.3. The van der Waals surface area contributed by atoms with Crippen LogP contribution in [0, 0.1) is 11.7 Å². The molecule has 2 aromatic rings. The number of hydrogen-bond acceptors (Lipinski definition) is 4. The van der Waals surface area contributed by atoms with Crippen molar-refractivity contribution >= 4 is 34.4 Å². The van der Waals surface area contributed by atoms with Crippen LogP contribution in [-0.2, 0) is 9.59 Å². The Morgan fingerprint density at radius 1 is 1.04 bits per heavy atom. The number of halogens is 1. The van der Waals surface area contributed by atoms with E-state index >= 15 is 0 Å². The maximum Gasteiger partial charge on any atom is 0.282 e. The second-order valence-corrected chi connectivity index (χ2v) is 7.74. The highest BCUT2D eigenvalue weighted by Gasteiger charge is 2.43. The van der Waals surface area contributed by atoms with E-state index in [2.05, 4.69) is 6.92 Å². The zero-order chi connectivity index (χ0) is 18.3. The van der Waals surface area contributed by atoms with Crippen LogP contribution in [0.15, 0.2) is 47.5 Å². The van der Waals surface area contributed by atoms with Crippen molar-refractivity contribution in [2.45, 2.75) is 19.8 Å². The van der Waals surface area contributed by atoms with Crippen molar-refractivity contribution in [2.75, 3.05) is 18.0 Å². The van der Waals surface area contributed by atoms with E-state index in [1.54, 1.807) is 0 Å². The number of amides is 2. The SMILES string of the molecule is CC1CCN(C2=C(c3cccs3)C(=O)N(c3ccc(F)cc3)C2=O)CC1.